The highest BCUT2D eigenvalue weighted by Crippen LogP contribution is 2.50. The summed E-state index contributed by atoms with van der Waals surface area (Å²) < 4.78 is 24.5. The number of nitrogens with one attached hydrogen (secondary N) is 2. The molecule has 0 spiro atoms. The van der Waals surface area contributed by atoms with E-state index in [4.69, 9.17) is 21.1 Å². The van der Waals surface area contributed by atoms with E-state index in [0.29, 0.717) is 17.8 Å². The highest BCUT2D eigenvalue weighted by atomic mass is 35.5. The molecule has 1 aliphatic heterocycles. The summed E-state index contributed by atoms with van der Waals surface area (Å²) in [5.41, 5.74) is 1.73. The van der Waals surface area contributed by atoms with Crippen LogP contribution in [0.1, 0.15) is 45.1 Å². The molecule has 0 aromatic heterocycles. The lowest BCUT2D eigenvalue weighted by atomic mass is 9.65. The predicted octanol–water partition coefficient (Wildman–Crippen LogP) is 5.59. The number of fused-ring (bicyclic) bond motifs is 1. The smallest absolute Gasteiger partial charge is 0.319 e. The first-order chi connectivity index (χ1) is 16.3. The zero-order valence-electron chi connectivity index (χ0n) is 20.2. The molecule has 6 nitrogen and oxygen atoms in total. The fourth-order valence-corrected chi connectivity index (χ4v) is 5.92. The summed E-state index contributed by atoms with van der Waals surface area (Å²) in [6.07, 6.45) is 3.75. The molecule has 34 heavy (non-hydrogen) atoms. The Hall–Kier alpha value is -2.51. The van der Waals surface area contributed by atoms with Crippen molar-refractivity contribution in [3.05, 3.63) is 52.8 Å². The number of hydrogen-bond acceptors (Lipinski definition) is 4. The molecule has 0 radical (unpaired) electrons. The number of halogens is 2. The Morgan fingerprint density at radius 1 is 1.15 bits per heavy atom. The minimum Gasteiger partial charge on any atom is -0.493 e. The van der Waals surface area contributed by atoms with Crippen molar-refractivity contribution in [3.8, 4) is 11.5 Å². The topological polar surface area (TPSA) is 62.8 Å². The number of ether oxygens (including phenoxy) is 2. The third kappa shape index (κ3) is 4.68. The lowest BCUT2D eigenvalue weighted by Gasteiger charge is -2.46. The summed E-state index contributed by atoms with van der Waals surface area (Å²) in [5, 5.41) is 5.88. The molecule has 1 heterocycles. The Labute approximate surface area is 205 Å². The number of methoxy groups -OCH3 is 2. The van der Waals surface area contributed by atoms with Crippen molar-refractivity contribution in [3.63, 3.8) is 0 Å². The molecule has 4 rings (SSSR count). The fourth-order valence-electron chi connectivity index (χ4n) is 5.74. The first-order valence-corrected chi connectivity index (χ1v) is 12.2. The zero-order valence-corrected chi connectivity index (χ0v) is 20.9. The van der Waals surface area contributed by atoms with E-state index < -0.39 is 5.82 Å². The summed E-state index contributed by atoms with van der Waals surface area (Å²) in [6.45, 7) is 5.48. The quantitative estimate of drug-likeness (QED) is 0.555. The molecule has 3 atom stereocenters. The summed E-state index contributed by atoms with van der Waals surface area (Å²) in [4.78, 5) is 15.2. The predicted molar refractivity (Wildman–Crippen MR) is 133 cm³/mol. The van der Waals surface area contributed by atoms with E-state index in [1.54, 1.807) is 14.2 Å². The molecular formula is C26H33ClFN3O3. The molecular weight excluding hydrogens is 457 g/mol. The minimum absolute atomic E-state index is 0.00294. The average Bonchev–Trinajstić information content (AvgIpc) is 3.21. The molecule has 1 saturated carbocycles. The highest BCUT2D eigenvalue weighted by molar-refractivity contribution is 6.31. The number of rotatable bonds is 6. The van der Waals surface area contributed by atoms with Crippen LogP contribution in [0.4, 0.5) is 14.9 Å². The van der Waals surface area contributed by atoms with Crippen molar-refractivity contribution in [2.75, 3.05) is 26.1 Å². The van der Waals surface area contributed by atoms with Crippen molar-refractivity contribution in [2.45, 2.75) is 63.1 Å². The third-order valence-electron chi connectivity index (χ3n) is 7.44. The fraction of sp³-hybridized carbons (Fsp3) is 0.500. The summed E-state index contributed by atoms with van der Waals surface area (Å²) in [5.74, 6) is 0.959. The number of urea groups is 1. The molecule has 0 bridgehead atoms. The van der Waals surface area contributed by atoms with Gasteiger partial charge in [0, 0.05) is 29.2 Å². The molecule has 8 heteroatoms. The number of carbonyl (C=O) groups is 1. The Kier molecular flexibility index (Phi) is 7.24. The van der Waals surface area contributed by atoms with Crippen LogP contribution in [-0.4, -0.2) is 49.8 Å². The van der Waals surface area contributed by atoms with Gasteiger partial charge in [0.2, 0.25) is 0 Å². The molecule has 2 amide bonds. The normalized spacial score (nSPS) is 24.6. The first kappa shape index (κ1) is 24.6. The van der Waals surface area contributed by atoms with E-state index in [9.17, 15) is 9.18 Å². The van der Waals surface area contributed by atoms with Gasteiger partial charge in [0.25, 0.3) is 0 Å². The molecule has 2 aliphatic rings. The van der Waals surface area contributed by atoms with Gasteiger partial charge in [-0.1, -0.05) is 17.7 Å². The minimum atomic E-state index is -0.513. The molecule has 2 fully saturated rings. The van der Waals surface area contributed by atoms with Gasteiger partial charge in [-0.3, -0.25) is 4.90 Å². The van der Waals surface area contributed by atoms with E-state index in [1.807, 2.05) is 6.07 Å². The van der Waals surface area contributed by atoms with Gasteiger partial charge in [-0.15, -0.1) is 0 Å². The van der Waals surface area contributed by atoms with Crippen LogP contribution in [0, 0.1) is 5.82 Å². The number of amides is 2. The number of anilines is 1. The first-order valence-electron chi connectivity index (χ1n) is 11.8. The molecule has 1 saturated heterocycles. The molecule has 2 aromatic rings. The molecule has 2 N–H and O–H groups in total. The number of benzene rings is 2. The van der Waals surface area contributed by atoms with Crippen molar-refractivity contribution in [2.24, 2.45) is 0 Å². The van der Waals surface area contributed by atoms with Crippen molar-refractivity contribution < 1.29 is 18.7 Å². The molecule has 1 aliphatic carbocycles. The maximum Gasteiger partial charge on any atom is 0.319 e. The van der Waals surface area contributed by atoms with E-state index in [0.717, 1.165) is 43.7 Å². The monoisotopic (exact) mass is 489 g/mol. The van der Waals surface area contributed by atoms with Gasteiger partial charge in [-0.05, 0) is 82.0 Å². The molecule has 2 aromatic carbocycles. The van der Waals surface area contributed by atoms with Gasteiger partial charge in [0.15, 0.2) is 11.5 Å². The number of nitrogens with zero attached hydrogens (tertiary/aromatic N) is 1. The maximum atomic E-state index is 13.4. The van der Waals surface area contributed by atoms with E-state index in [2.05, 4.69) is 41.5 Å². The average molecular weight is 490 g/mol. The van der Waals surface area contributed by atoms with Crippen LogP contribution in [-0.2, 0) is 5.41 Å². The van der Waals surface area contributed by atoms with Crippen LogP contribution in [0.15, 0.2) is 36.4 Å². The van der Waals surface area contributed by atoms with E-state index >= 15 is 0 Å². The summed E-state index contributed by atoms with van der Waals surface area (Å²) in [6, 6.07) is 10.9. The van der Waals surface area contributed by atoms with Crippen molar-refractivity contribution >= 4 is 23.3 Å². The van der Waals surface area contributed by atoms with Gasteiger partial charge in [-0.25, -0.2) is 9.18 Å². The van der Waals surface area contributed by atoms with Crippen LogP contribution in [0.2, 0.25) is 5.02 Å². The standard InChI is InChI=1S/C26H33ClFN3O3/c1-16(2)31-12-11-26(17-5-8-22(33-3)23(13-17)34-4)10-9-19(15-24(26)31)30-25(32)29-18-6-7-21(28)20(27)14-18/h5-8,13-14,16,19,24H,9-12,15H2,1-4H3,(H2,29,30,32)/t19-,24+,26-/m0/s1. The summed E-state index contributed by atoms with van der Waals surface area (Å²) in [7, 11) is 3.32. The second-order valence-corrected chi connectivity index (χ2v) is 9.93. The van der Waals surface area contributed by atoms with Crippen molar-refractivity contribution in [1.29, 1.82) is 0 Å². The maximum absolute atomic E-state index is 13.4. The number of carbonyl (C=O) groups excluding carboxylic acids is 1. The van der Waals surface area contributed by atoms with Crippen LogP contribution in [0.25, 0.3) is 0 Å². The van der Waals surface area contributed by atoms with Crippen LogP contribution < -0.4 is 20.1 Å². The molecule has 0 unspecified atom stereocenters. The Morgan fingerprint density at radius 2 is 1.91 bits per heavy atom. The van der Waals surface area contributed by atoms with Gasteiger partial charge >= 0.3 is 6.03 Å². The SMILES string of the molecule is COc1ccc([C@@]23CC[C@H](NC(=O)Nc4ccc(F)c(Cl)c4)C[C@H]2N(C(C)C)CC3)cc1OC. The van der Waals surface area contributed by atoms with Crippen LogP contribution in [0.5, 0.6) is 11.5 Å². The lowest BCUT2D eigenvalue weighted by molar-refractivity contribution is 0.113. The second kappa shape index (κ2) is 10.0. The Balaban J connectivity index is 1.52. The second-order valence-electron chi connectivity index (χ2n) is 9.52. The summed E-state index contributed by atoms with van der Waals surface area (Å²) >= 11 is 5.84. The van der Waals surface area contributed by atoms with Crippen LogP contribution in [0.3, 0.4) is 0 Å². The zero-order chi connectivity index (χ0) is 24.5. The van der Waals surface area contributed by atoms with Gasteiger partial charge in [0.05, 0.1) is 19.2 Å². The van der Waals surface area contributed by atoms with E-state index in [1.165, 1.54) is 23.8 Å². The molecule has 184 valence electrons. The van der Waals surface area contributed by atoms with Gasteiger partial charge in [-0.2, -0.15) is 0 Å². The van der Waals surface area contributed by atoms with Crippen molar-refractivity contribution in [1.82, 2.24) is 10.2 Å². The van der Waals surface area contributed by atoms with Crippen LogP contribution >= 0.6 is 11.6 Å². The van der Waals surface area contributed by atoms with E-state index in [-0.39, 0.29) is 22.5 Å². The largest absolute Gasteiger partial charge is 0.493 e. The Bertz CT molecular complexity index is 1050. The highest BCUT2D eigenvalue weighted by Gasteiger charge is 2.52. The Morgan fingerprint density at radius 3 is 2.59 bits per heavy atom. The third-order valence-corrected chi connectivity index (χ3v) is 7.73. The van der Waals surface area contributed by atoms with Gasteiger partial charge < -0.3 is 20.1 Å². The number of hydrogen-bond donors (Lipinski definition) is 2. The van der Waals surface area contributed by atoms with Gasteiger partial charge in [0.1, 0.15) is 5.82 Å². The lowest BCUT2D eigenvalue weighted by Crippen LogP contribution is -2.54. The number of likely N-dealkylation sites (tertiary alicyclic amines) is 1.